The summed E-state index contributed by atoms with van der Waals surface area (Å²) in [4.78, 5) is 27.1. The van der Waals surface area contributed by atoms with Crippen LogP contribution in [0.2, 0.25) is 0 Å². The molecule has 2 fully saturated rings. The van der Waals surface area contributed by atoms with Gasteiger partial charge in [-0.25, -0.2) is 8.78 Å². The van der Waals surface area contributed by atoms with Crippen LogP contribution in [0.3, 0.4) is 0 Å². The van der Waals surface area contributed by atoms with Gasteiger partial charge in [-0.15, -0.1) is 0 Å². The number of halogens is 2. The zero-order valence-corrected chi connectivity index (χ0v) is 13.5. The smallest absolute Gasteiger partial charge is 0.245 e. The summed E-state index contributed by atoms with van der Waals surface area (Å²) in [6.45, 7) is 0.392. The number of aliphatic hydroxyl groups is 1. The average Bonchev–Trinajstić information content (AvgIpc) is 2.87. The molecule has 2 saturated heterocycles. The first-order chi connectivity index (χ1) is 11.3. The minimum Gasteiger partial charge on any atom is -0.385 e. The van der Waals surface area contributed by atoms with Crippen LogP contribution in [0.15, 0.2) is 18.2 Å². The summed E-state index contributed by atoms with van der Waals surface area (Å²) in [5.74, 6) is -1.79. The zero-order valence-electron chi connectivity index (χ0n) is 13.5. The summed E-state index contributed by atoms with van der Waals surface area (Å²) in [7, 11) is 1.60. The largest absolute Gasteiger partial charge is 0.385 e. The zero-order chi connectivity index (χ0) is 17.5. The predicted octanol–water partition coefficient (Wildman–Crippen LogP) is 1.40. The lowest BCUT2D eigenvalue weighted by atomic mass is 9.83. The average molecular weight is 338 g/mol. The first kappa shape index (κ1) is 16.8. The number of hydrogen-bond donors (Lipinski definition) is 1. The van der Waals surface area contributed by atoms with Crippen molar-refractivity contribution in [3.05, 3.63) is 35.4 Å². The van der Waals surface area contributed by atoms with Crippen molar-refractivity contribution in [2.75, 3.05) is 20.1 Å². The maximum atomic E-state index is 14.0. The fraction of sp³-hybridized carbons (Fsp3) is 0.529. The monoisotopic (exact) mass is 338 g/mol. The van der Waals surface area contributed by atoms with Gasteiger partial charge in [0.2, 0.25) is 11.8 Å². The van der Waals surface area contributed by atoms with Crippen LogP contribution in [0.1, 0.15) is 31.2 Å². The number of piperidine rings is 1. The number of likely N-dealkylation sites (N-methyl/N-ethyl adjacent to an activating group) is 1. The summed E-state index contributed by atoms with van der Waals surface area (Å²) in [5.41, 5.74) is -1.95. The van der Waals surface area contributed by atoms with E-state index in [1.165, 1.54) is 11.0 Å². The van der Waals surface area contributed by atoms with E-state index in [1.54, 1.807) is 11.9 Å². The molecule has 2 aliphatic heterocycles. The number of nitrogens with zero attached hydrogens (tertiary/aromatic N) is 2. The predicted molar refractivity (Wildman–Crippen MR) is 81.9 cm³/mol. The van der Waals surface area contributed by atoms with Crippen LogP contribution in [0.4, 0.5) is 8.78 Å². The van der Waals surface area contributed by atoms with E-state index < -0.39 is 23.3 Å². The lowest BCUT2D eigenvalue weighted by Gasteiger charge is -2.40. The number of hydrogen-bond acceptors (Lipinski definition) is 3. The summed E-state index contributed by atoms with van der Waals surface area (Å²) >= 11 is 0. The van der Waals surface area contributed by atoms with E-state index in [9.17, 15) is 23.5 Å². The molecule has 1 aromatic rings. The van der Waals surface area contributed by atoms with E-state index in [1.807, 2.05) is 0 Å². The van der Waals surface area contributed by atoms with Crippen molar-refractivity contribution in [1.29, 1.82) is 0 Å². The van der Waals surface area contributed by atoms with Gasteiger partial charge in [0.05, 0.1) is 11.2 Å². The highest BCUT2D eigenvalue weighted by Crippen LogP contribution is 2.36. The topological polar surface area (TPSA) is 60.9 Å². The van der Waals surface area contributed by atoms with Gasteiger partial charge in [-0.05, 0) is 31.4 Å². The molecule has 1 N–H and O–H groups in total. The van der Waals surface area contributed by atoms with Gasteiger partial charge >= 0.3 is 0 Å². The standard InChI is InChI=1S/C17H20F2N2O3/c1-20-13(5-6-14(20)22)16(23)21-9-7-17(24,8-10-21)15-11(18)3-2-4-12(15)19/h2-4,13,24H,5-10H2,1H3. The number of amides is 2. The van der Waals surface area contributed by atoms with Crippen LogP contribution in [0.5, 0.6) is 0 Å². The molecule has 2 aliphatic rings. The van der Waals surface area contributed by atoms with Crippen molar-refractivity contribution in [1.82, 2.24) is 9.80 Å². The van der Waals surface area contributed by atoms with Gasteiger partial charge in [-0.1, -0.05) is 6.07 Å². The molecule has 2 amide bonds. The summed E-state index contributed by atoms with van der Waals surface area (Å²) in [6.07, 6.45) is 0.948. The first-order valence-electron chi connectivity index (χ1n) is 8.05. The molecular formula is C17H20F2N2O3. The van der Waals surface area contributed by atoms with E-state index >= 15 is 0 Å². The van der Waals surface area contributed by atoms with E-state index in [0.717, 1.165) is 12.1 Å². The van der Waals surface area contributed by atoms with E-state index in [2.05, 4.69) is 0 Å². The van der Waals surface area contributed by atoms with E-state index in [0.29, 0.717) is 12.8 Å². The van der Waals surface area contributed by atoms with Gasteiger partial charge in [-0.2, -0.15) is 0 Å². The Labute approximate surface area is 138 Å². The molecule has 1 unspecified atom stereocenters. The second kappa shape index (κ2) is 6.12. The Morgan fingerprint density at radius 2 is 1.83 bits per heavy atom. The molecule has 0 saturated carbocycles. The van der Waals surface area contributed by atoms with Crippen molar-refractivity contribution >= 4 is 11.8 Å². The lowest BCUT2D eigenvalue weighted by molar-refractivity contribution is -0.143. The van der Waals surface area contributed by atoms with Crippen molar-refractivity contribution in [3.63, 3.8) is 0 Å². The third-order valence-corrected chi connectivity index (χ3v) is 5.11. The highest BCUT2D eigenvalue weighted by Gasteiger charge is 2.42. The van der Waals surface area contributed by atoms with Crippen molar-refractivity contribution in [3.8, 4) is 0 Å². The molecule has 0 spiro atoms. The number of rotatable bonds is 2. The van der Waals surface area contributed by atoms with Gasteiger partial charge in [0, 0.05) is 26.6 Å². The highest BCUT2D eigenvalue weighted by atomic mass is 19.1. The summed E-state index contributed by atoms with van der Waals surface area (Å²) < 4.78 is 27.9. The molecule has 2 heterocycles. The van der Waals surface area contributed by atoms with Crippen LogP contribution < -0.4 is 0 Å². The normalized spacial score (nSPS) is 23.7. The van der Waals surface area contributed by atoms with Gasteiger partial charge in [0.15, 0.2) is 0 Å². The molecule has 1 atom stereocenters. The molecule has 7 heteroatoms. The molecule has 0 radical (unpaired) electrons. The SMILES string of the molecule is CN1C(=O)CCC1C(=O)N1CCC(O)(c2c(F)cccc2F)CC1. The Balaban J connectivity index is 1.71. The van der Waals surface area contributed by atoms with Crippen LogP contribution >= 0.6 is 0 Å². The Kier molecular flexibility index (Phi) is 4.29. The van der Waals surface area contributed by atoms with Crippen LogP contribution in [-0.2, 0) is 15.2 Å². The lowest BCUT2D eigenvalue weighted by Crippen LogP contribution is -2.51. The molecule has 5 nitrogen and oxygen atoms in total. The maximum Gasteiger partial charge on any atom is 0.245 e. The maximum absolute atomic E-state index is 14.0. The van der Waals surface area contributed by atoms with Gasteiger partial charge < -0.3 is 14.9 Å². The van der Waals surface area contributed by atoms with Crippen molar-refractivity contribution in [2.24, 2.45) is 0 Å². The van der Waals surface area contributed by atoms with Crippen LogP contribution in [-0.4, -0.2) is 52.9 Å². The minimum absolute atomic E-state index is 0.0565. The van der Waals surface area contributed by atoms with Gasteiger partial charge in [-0.3, -0.25) is 9.59 Å². The number of benzene rings is 1. The van der Waals surface area contributed by atoms with Crippen LogP contribution in [0, 0.1) is 11.6 Å². The van der Waals surface area contributed by atoms with Crippen molar-refractivity contribution < 1.29 is 23.5 Å². The fourth-order valence-corrected chi connectivity index (χ4v) is 3.59. The Morgan fingerprint density at radius 1 is 1.25 bits per heavy atom. The fourth-order valence-electron chi connectivity index (χ4n) is 3.59. The second-order valence-corrected chi connectivity index (χ2v) is 6.51. The van der Waals surface area contributed by atoms with E-state index in [4.69, 9.17) is 0 Å². The number of likely N-dealkylation sites (tertiary alicyclic amines) is 2. The highest BCUT2D eigenvalue weighted by molar-refractivity contribution is 5.90. The second-order valence-electron chi connectivity index (χ2n) is 6.51. The Morgan fingerprint density at radius 3 is 2.33 bits per heavy atom. The Bertz CT molecular complexity index is 652. The molecule has 0 aromatic heterocycles. The number of carbonyl (C=O) groups excluding carboxylic acids is 2. The molecule has 0 aliphatic carbocycles. The molecule has 24 heavy (non-hydrogen) atoms. The van der Waals surface area contributed by atoms with Crippen LogP contribution in [0.25, 0.3) is 0 Å². The van der Waals surface area contributed by atoms with Crippen molar-refractivity contribution in [2.45, 2.75) is 37.3 Å². The minimum atomic E-state index is -1.62. The molecule has 1 aromatic carbocycles. The number of carbonyl (C=O) groups is 2. The van der Waals surface area contributed by atoms with Gasteiger partial charge in [0.25, 0.3) is 0 Å². The van der Waals surface area contributed by atoms with Gasteiger partial charge in [0.1, 0.15) is 17.7 Å². The third-order valence-electron chi connectivity index (χ3n) is 5.11. The molecular weight excluding hydrogens is 318 g/mol. The Hall–Kier alpha value is -2.02. The molecule has 130 valence electrons. The quantitative estimate of drug-likeness (QED) is 0.887. The van der Waals surface area contributed by atoms with E-state index in [-0.39, 0.29) is 43.3 Å². The molecule has 3 rings (SSSR count). The third kappa shape index (κ3) is 2.77. The first-order valence-corrected chi connectivity index (χ1v) is 8.05. The summed E-state index contributed by atoms with van der Waals surface area (Å²) in [6, 6.07) is 3.01. The summed E-state index contributed by atoms with van der Waals surface area (Å²) in [5, 5.41) is 10.7. The molecule has 0 bridgehead atoms.